The monoisotopic (exact) mass is 387 g/mol. The third kappa shape index (κ3) is 3.42. The van der Waals surface area contributed by atoms with Crippen LogP contribution in [-0.2, 0) is 10.0 Å². The van der Waals surface area contributed by atoms with Crippen molar-refractivity contribution in [2.24, 2.45) is 0 Å². The van der Waals surface area contributed by atoms with Gasteiger partial charge in [0.05, 0.1) is 6.61 Å². The first kappa shape index (κ1) is 17.9. The van der Waals surface area contributed by atoms with E-state index in [9.17, 15) is 8.42 Å². The summed E-state index contributed by atoms with van der Waals surface area (Å²) in [5.74, 6) is 0.784. The van der Waals surface area contributed by atoms with Gasteiger partial charge in [0.2, 0.25) is 5.03 Å². The zero-order valence-corrected chi connectivity index (χ0v) is 15.9. The molecule has 7 nitrogen and oxygen atoms in total. The number of oxazole rings is 1. The Kier molecular flexibility index (Phi) is 4.84. The van der Waals surface area contributed by atoms with Crippen LogP contribution in [0.4, 0.5) is 0 Å². The van der Waals surface area contributed by atoms with Crippen LogP contribution in [0.5, 0.6) is 5.75 Å². The average molecular weight is 387 g/mol. The van der Waals surface area contributed by atoms with E-state index in [2.05, 4.69) is 9.97 Å². The smallest absolute Gasteiger partial charge is 0.264 e. The molecule has 1 saturated heterocycles. The maximum absolute atomic E-state index is 13.2. The van der Waals surface area contributed by atoms with E-state index in [0.717, 1.165) is 23.9 Å². The van der Waals surface area contributed by atoms with Gasteiger partial charge in [0.1, 0.15) is 5.52 Å². The molecule has 0 N–H and O–H groups in total. The van der Waals surface area contributed by atoms with Crippen LogP contribution in [0.25, 0.3) is 11.1 Å². The predicted octanol–water partition coefficient (Wildman–Crippen LogP) is 3.19. The van der Waals surface area contributed by atoms with Gasteiger partial charge in [0.15, 0.2) is 17.2 Å². The van der Waals surface area contributed by atoms with Crippen molar-refractivity contribution < 1.29 is 17.6 Å². The summed E-state index contributed by atoms with van der Waals surface area (Å²) in [4.78, 5) is 8.63. The molecule has 1 fully saturated rings. The fourth-order valence-corrected chi connectivity index (χ4v) is 4.95. The molecule has 8 heteroatoms. The van der Waals surface area contributed by atoms with E-state index in [-0.39, 0.29) is 16.7 Å². The molecule has 0 amide bonds. The molecule has 0 radical (unpaired) electrons. The van der Waals surface area contributed by atoms with Crippen LogP contribution in [0.15, 0.2) is 52.0 Å². The van der Waals surface area contributed by atoms with E-state index in [0.29, 0.717) is 25.6 Å². The van der Waals surface area contributed by atoms with Crippen molar-refractivity contribution in [1.29, 1.82) is 0 Å². The maximum Gasteiger partial charge on any atom is 0.264 e. The second-order valence-corrected chi connectivity index (χ2v) is 8.31. The molecular weight excluding hydrogens is 366 g/mol. The lowest BCUT2D eigenvalue weighted by Gasteiger charge is -2.30. The van der Waals surface area contributed by atoms with Gasteiger partial charge < -0.3 is 9.15 Å². The second kappa shape index (κ2) is 7.28. The molecule has 27 heavy (non-hydrogen) atoms. The van der Waals surface area contributed by atoms with Crippen LogP contribution < -0.4 is 4.74 Å². The minimum atomic E-state index is -3.76. The Bertz CT molecular complexity index is 1010. The number of piperidine rings is 1. The summed E-state index contributed by atoms with van der Waals surface area (Å²) in [5.41, 5.74) is 1.51. The number of aromatic nitrogens is 2. The first-order valence-electron chi connectivity index (χ1n) is 9.03. The average Bonchev–Trinajstić information content (AvgIpc) is 3.13. The van der Waals surface area contributed by atoms with Gasteiger partial charge in [-0.1, -0.05) is 12.1 Å². The second-order valence-electron chi connectivity index (χ2n) is 6.46. The van der Waals surface area contributed by atoms with Gasteiger partial charge in [0.25, 0.3) is 10.0 Å². The molecule has 1 atom stereocenters. The van der Waals surface area contributed by atoms with Crippen molar-refractivity contribution in [3.63, 3.8) is 0 Å². The number of nitrogens with zero attached hydrogens (tertiary/aromatic N) is 3. The first-order chi connectivity index (χ1) is 13.1. The summed E-state index contributed by atoms with van der Waals surface area (Å²) in [5, 5.41) is -0.0370. The number of pyridine rings is 1. The fraction of sp³-hybridized carbons (Fsp3) is 0.368. The fourth-order valence-electron chi connectivity index (χ4n) is 3.38. The SMILES string of the molecule is CCOc1cccnc1S(=O)(=O)N1CCCC(c2nc3ccccc3o2)C1. The number of para-hydroxylation sites is 2. The number of benzene rings is 1. The Morgan fingerprint density at radius 3 is 2.93 bits per heavy atom. The highest BCUT2D eigenvalue weighted by molar-refractivity contribution is 7.89. The number of ether oxygens (including phenoxy) is 1. The highest BCUT2D eigenvalue weighted by Crippen LogP contribution is 2.33. The van der Waals surface area contributed by atoms with Gasteiger partial charge in [0, 0.05) is 25.2 Å². The van der Waals surface area contributed by atoms with Gasteiger partial charge >= 0.3 is 0 Å². The van der Waals surface area contributed by atoms with E-state index in [1.807, 2.05) is 31.2 Å². The standard InChI is InChI=1S/C19H21N3O4S/c1-2-25-17-10-5-11-20-19(17)27(23,24)22-12-6-7-14(13-22)18-21-15-8-3-4-9-16(15)26-18/h3-5,8-11,14H,2,6-7,12-13H2,1H3. The molecule has 3 heterocycles. The van der Waals surface area contributed by atoms with Gasteiger partial charge in [-0.15, -0.1) is 0 Å². The van der Waals surface area contributed by atoms with Crippen LogP contribution >= 0.6 is 0 Å². The number of hydrogen-bond acceptors (Lipinski definition) is 6. The molecule has 1 aliphatic heterocycles. The van der Waals surface area contributed by atoms with E-state index in [1.165, 1.54) is 10.5 Å². The molecule has 1 aromatic carbocycles. The van der Waals surface area contributed by atoms with Gasteiger partial charge in [-0.05, 0) is 44.0 Å². The number of fused-ring (bicyclic) bond motifs is 1. The van der Waals surface area contributed by atoms with Crippen molar-refractivity contribution >= 4 is 21.1 Å². The number of hydrogen-bond donors (Lipinski definition) is 0. The third-order valence-electron chi connectivity index (χ3n) is 4.66. The van der Waals surface area contributed by atoms with Gasteiger partial charge in [-0.3, -0.25) is 0 Å². The highest BCUT2D eigenvalue weighted by atomic mass is 32.2. The number of rotatable bonds is 5. The zero-order chi connectivity index (χ0) is 18.9. The molecule has 3 aromatic rings. The lowest BCUT2D eigenvalue weighted by atomic mass is 10.00. The molecule has 0 aliphatic carbocycles. The van der Waals surface area contributed by atoms with Crippen molar-refractivity contribution in [3.8, 4) is 5.75 Å². The topological polar surface area (TPSA) is 85.5 Å². The predicted molar refractivity (Wildman–Crippen MR) is 100 cm³/mol. The molecule has 0 bridgehead atoms. The molecule has 1 aliphatic rings. The normalized spacial score (nSPS) is 18.6. The van der Waals surface area contributed by atoms with Gasteiger partial charge in [-0.25, -0.2) is 18.4 Å². The Morgan fingerprint density at radius 1 is 1.26 bits per heavy atom. The van der Waals surface area contributed by atoms with Crippen molar-refractivity contribution in [1.82, 2.24) is 14.3 Å². The van der Waals surface area contributed by atoms with Crippen molar-refractivity contribution in [3.05, 3.63) is 48.5 Å². The largest absolute Gasteiger partial charge is 0.491 e. The summed E-state index contributed by atoms with van der Waals surface area (Å²) in [7, 11) is -3.76. The summed E-state index contributed by atoms with van der Waals surface area (Å²) in [6.07, 6.45) is 3.04. The molecule has 1 unspecified atom stereocenters. The summed E-state index contributed by atoms with van der Waals surface area (Å²) in [6.45, 7) is 2.95. The van der Waals surface area contributed by atoms with E-state index >= 15 is 0 Å². The van der Waals surface area contributed by atoms with E-state index < -0.39 is 10.0 Å². The molecule has 0 spiro atoms. The Balaban J connectivity index is 1.62. The van der Waals surface area contributed by atoms with E-state index in [1.54, 1.807) is 12.1 Å². The third-order valence-corrected chi connectivity index (χ3v) is 6.47. The lowest BCUT2D eigenvalue weighted by molar-refractivity contribution is 0.284. The molecule has 142 valence electrons. The van der Waals surface area contributed by atoms with Crippen molar-refractivity contribution in [2.45, 2.75) is 30.7 Å². The summed E-state index contributed by atoms with van der Waals surface area (Å²) >= 11 is 0. The van der Waals surface area contributed by atoms with Crippen LogP contribution in [0.2, 0.25) is 0 Å². The highest BCUT2D eigenvalue weighted by Gasteiger charge is 2.35. The zero-order valence-electron chi connectivity index (χ0n) is 15.0. The molecule has 2 aromatic heterocycles. The van der Waals surface area contributed by atoms with E-state index in [4.69, 9.17) is 9.15 Å². The number of sulfonamides is 1. The quantitative estimate of drug-likeness (QED) is 0.668. The van der Waals surface area contributed by atoms with Gasteiger partial charge in [-0.2, -0.15) is 4.31 Å². The first-order valence-corrected chi connectivity index (χ1v) is 10.5. The molecular formula is C19H21N3O4S. The summed E-state index contributed by atoms with van der Waals surface area (Å²) < 4.78 is 39.1. The Morgan fingerprint density at radius 2 is 2.11 bits per heavy atom. The van der Waals surface area contributed by atoms with Crippen LogP contribution in [0, 0.1) is 0 Å². The molecule has 0 saturated carbocycles. The Hall–Kier alpha value is -2.45. The Labute approximate surface area is 158 Å². The summed E-state index contributed by atoms with van der Waals surface area (Å²) in [6, 6.07) is 10.9. The van der Waals surface area contributed by atoms with Crippen molar-refractivity contribution in [2.75, 3.05) is 19.7 Å². The minimum Gasteiger partial charge on any atom is -0.491 e. The van der Waals surface area contributed by atoms with Crippen LogP contribution in [-0.4, -0.2) is 42.4 Å². The lowest BCUT2D eigenvalue weighted by Crippen LogP contribution is -2.39. The molecule has 4 rings (SSSR count). The minimum absolute atomic E-state index is 0.0370. The maximum atomic E-state index is 13.2. The van der Waals surface area contributed by atoms with Crippen LogP contribution in [0.3, 0.4) is 0 Å². The van der Waals surface area contributed by atoms with Crippen LogP contribution in [0.1, 0.15) is 31.6 Å².